The van der Waals surface area contributed by atoms with Gasteiger partial charge in [-0.1, -0.05) is 33.6 Å². The number of nitrogens with zero attached hydrogens (tertiary/aromatic N) is 1. The molecule has 1 aliphatic heterocycles. The molecule has 1 rings (SSSR count). The van der Waals surface area contributed by atoms with Crippen molar-refractivity contribution in [1.82, 2.24) is 10.2 Å². The van der Waals surface area contributed by atoms with Gasteiger partial charge in [-0.2, -0.15) is 0 Å². The summed E-state index contributed by atoms with van der Waals surface area (Å²) in [4.78, 5) is 14.0. The standard InChI is InChI=1S/C14H28N2O/c1-4-14(5-2)8-11-16(12-9-14)13(17)7-10-15-6-3/h15H,4-12H2,1-3H3. The Kier molecular flexibility index (Phi) is 5.96. The van der Waals surface area contributed by atoms with Crippen molar-refractivity contribution in [3.63, 3.8) is 0 Å². The van der Waals surface area contributed by atoms with Crippen LogP contribution in [0.2, 0.25) is 0 Å². The maximum atomic E-state index is 11.9. The Morgan fingerprint density at radius 1 is 1.18 bits per heavy atom. The van der Waals surface area contributed by atoms with Crippen LogP contribution >= 0.6 is 0 Å². The molecule has 3 nitrogen and oxygen atoms in total. The molecule has 0 atom stereocenters. The minimum atomic E-state index is 0.326. The Bertz CT molecular complexity index is 226. The molecule has 0 aromatic rings. The molecule has 3 heteroatoms. The summed E-state index contributed by atoms with van der Waals surface area (Å²) >= 11 is 0. The van der Waals surface area contributed by atoms with Crippen LogP contribution in [0.3, 0.4) is 0 Å². The average molecular weight is 240 g/mol. The van der Waals surface area contributed by atoms with E-state index in [-0.39, 0.29) is 0 Å². The van der Waals surface area contributed by atoms with Gasteiger partial charge in [0.1, 0.15) is 0 Å². The fourth-order valence-corrected chi connectivity index (χ4v) is 2.72. The van der Waals surface area contributed by atoms with Crippen LogP contribution in [0, 0.1) is 5.41 Å². The third-order valence-corrected chi connectivity index (χ3v) is 4.44. The van der Waals surface area contributed by atoms with Crippen LogP contribution < -0.4 is 5.32 Å². The van der Waals surface area contributed by atoms with Gasteiger partial charge in [0.15, 0.2) is 0 Å². The highest BCUT2D eigenvalue weighted by molar-refractivity contribution is 5.76. The zero-order valence-electron chi connectivity index (χ0n) is 11.7. The van der Waals surface area contributed by atoms with E-state index in [4.69, 9.17) is 0 Å². The van der Waals surface area contributed by atoms with E-state index in [1.54, 1.807) is 0 Å². The molecule has 0 bridgehead atoms. The normalized spacial score (nSPS) is 19.4. The smallest absolute Gasteiger partial charge is 0.223 e. The van der Waals surface area contributed by atoms with E-state index in [0.29, 0.717) is 17.7 Å². The van der Waals surface area contributed by atoms with Gasteiger partial charge in [-0.15, -0.1) is 0 Å². The summed E-state index contributed by atoms with van der Waals surface area (Å²) < 4.78 is 0. The van der Waals surface area contributed by atoms with Crippen molar-refractivity contribution in [2.45, 2.75) is 52.9 Å². The van der Waals surface area contributed by atoms with E-state index in [0.717, 1.165) is 26.2 Å². The molecular formula is C14H28N2O. The molecular weight excluding hydrogens is 212 g/mol. The quantitative estimate of drug-likeness (QED) is 0.723. The molecule has 1 heterocycles. The molecule has 1 N–H and O–H groups in total. The van der Waals surface area contributed by atoms with E-state index >= 15 is 0 Å². The molecule has 1 saturated heterocycles. The summed E-state index contributed by atoms with van der Waals surface area (Å²) in [7, 11) is 0. The van der Waals surface area contributed by atoms with Crippen LogP contribution in [-0.4, -0.2) is 37.0 Å². The topological polar surface area (TPSA) is 32.3 Å². The van der Waals surface area contributed by atoms with Gasteiger partial charge < -0.3 is 10.2 Å². The van der Waals surface area contributed by atoms with Crippen molar-refractivity contribution < 1.29 is 4.79 Å². The number of carbonyl (C=O) groups excluding carboxylic acids is 1. The van der Waals surface area contributed by atoms with Crippen LogP contribution in [0.1, 0.15) is 52.9 Å². The molecule has 17 heavy (non-hydrogen) atoms. The van der Waals surface area contributed by atoms with Crippen molar-refractivity contribution in [2.75, 3.05) is 26.2 Å². The lowest BCUT2D eigenvalue weighted by Crippen LogP contribution is -2.43. The summed E-state index contributed by atoms with van der Waals surface area (Å²) in [5.41, 5.74) is 0.512. The van der Waals surface area contributed by atoms with Gasteiger partial charge in [0, 0.05) is 26.1 Å². The number of likely N-dealkylation sites (tertiary alicyclic amines) is 1. The van der Waals surface area contributed by atoms with Crippen molar-refractivity contribution in [3.8, 4) is 0 Å². The predicted octanol–water partition coefficient (Wildman–Crippen LogP) is 2.41. The summed E-state index contributed by atoms with van der Waals surface area (Å²) in [6, 6.07) is 0. The first-order chi connectivity index (χ1) is 8.17. The summed E-state index contributed by atoms with van der Waals surface area (Å²) in [5.74, 6) is 0.326. The van der Waals surface area contributed by atoms with Gasteiger partial charge in [-0.05, 0) is 24.8 Å². The first-order valence-corrected chi connectivity index (χ1v) is 7.16. The van der Waals surface area contributed by atoms with E-state index in [1.807, 2.05) is 0 Å². The second kappa shape index (κ2) is 7.00. The highest BCUT2D eigenvalue weighted by Crippen LogP contribution is 2.37. The fraction of sp³-hybridized carbons (Fsp3) is 0.929. The molecule has 0 unspecified atom stereocenters. The lowest BCUT2D eigenvalue weighted by atomic mass is 9.74. The molecule has 0 radical (unpaired) electrons. The minimum absolute atomic E-state index is 0.326. The molecule has 1 fully saturated rings. The van der Waals surface area contributed by atoms with Crippen molar-refractivity contribution in [3.05, 3.63) is 0 Å². The zero-order valence-corrected chi connectivity index (χ0v) is 11.7. The highest BCUT2D eigenvalue weighted by Gasteiger charge is 2.32. The maximum absolute atomic E-state index is 11.9. The number of hydrogen-bond acceptors (Lipinski definition) is 2. The second-order valence-corrected chi connectivity index (χ2v) is 5.19. The fourth-order valence-electron chi connectivity index (χ4n) is 2.72. The lowest BCUT2D eigenvalue weighted by molar-refractivity contribution is -0.133. The van der Waals surface area contributed by atoms with E-state index in [1.165, 1.54) is 25.7 Å². The van der Waals surface area contributed by atoms with Crippen LogP contribution in [-0.2, 0) is 4.79 Å². The largest absolute Gasteiger partial charge is 0.343 e. The molecule has 1 amide bonds. The van der Waals surface area contributed by atoms with E-state index in [9.17, 15) is 4.79 Å². The van der Waals surface area contributed by atoms with Gasteiger partial charge in [-0.3, -0.25) is 4.79 Å². The number of carbonyl (C=O) groups is 1. The van der Waals surface area contributed by atoms with E-state index in [2.05, 4.69) is 31.0 Å². The average Bonchev–Trinajstić information content (AvgIpc) is 2.39. The molecule has 0 aromatic heterocycles. The number of rotatable bonds is 6. The third kappa shape index (κ3) is 3.98. The Labute approximate surface area is 106 Å². The summed E-state index contributed by atoms with van der Waals surface area (Å²) in [6.07, 6.45) is 5.53. The Morgan fingerprint density at radius 2 is 1.76 bits per heavy atom. The summed E-state index contributed by atoms with van der Waals surface area (Å²) in [6.45, 7) is 10.3. The molecule has 0 aromatic carbocycles. The molecule has 0 saturated carbocycles. The first-order valence-electron chi connectivity index (χ1n) is 7.16. The highest BCUT2D eigenvalue weighted by atomic mass is 16.2. The minimum Gasteiger partial charge on any atom is -0.343 e. The van der Waals surface area contributed by atoms with Gasteiger partial charge in [0.2, 0.25) is 5.91 Å². The third-order valence-electron chi connectivity index (χ3n) is 4.44. The molecule has 0 spiro atoms. The van der Waals surface area contributed by atoms with Crippen molar-refractivity contribution in [1.29, 1.82) is 0 Å². The number of piperidine rings is 1. The van der Waals surface area contributed by atoms with Gasteiger partial charge >= 0.3 is 0 Å². The first kappa shape index (κ1) is 14.5. The van der Waals surface area contributed by atoms with Crippen LogP contribution in [0.4, 0.5) is 0 Å². The molecule has 1 aliphatic rings. The molecule has 0 aliphatic carbocycles. The zero-order chi connectivity index (χ0) is 12.7. The Hall–Kier alpha value is -0.570. The molecule has 100 valence electrons. The monoisotopic (exact) mass is 240 g/mol. The van der Waals surface area contributed by atoms with Crippen LogP contribution in [0.15, 0.2) is 0 Å². The number of amides is 1. The van der Waals surface area contributed by atoms with Gasteiger partial charge in [0.05, 0.1) is 0 Å². The van der Waals surface area contributed by atoms with Crippen LogP contribution in [0.5, 0.6) is 0 Å². The second-order valence-electron chi connectivity index (χ2n) is 5.19. The SMILES string of the molecule is CCNCCC(=O)N1CCC(CC)(CC)CC1. The predicted molar refractivity (Wildman–Crippen MR) is 72.0 cm³/mol. The Morgan fingerprint density at radius 3 is 2.24 bits per heavy atom. The van der Waals surface area contributed by atoms with Crippen molar-refractivity contribution >= 4 is 5.91 Å². The Balaban J connectivity index is 2.33. The lowest BCUT2D eigenvalue weighted by Gasteiger charge is -2.41. The maximum Gasteiger partial charge on any atom is 0.223 e. The summed E-state index contributed by atoms with van der Waals surface area (Å²) in [5, 5.41) is 3.21. The van der Waals surface area contributed by atoms with E-state index < -0.39 is 0 Å². The van der Waals surface area contributed by atoms with Crippen molar-refractivity contribution in [2.24, 2.45) is 5.41 Å². The van der Waals surface area contributed by atoms with Gasteiger partial charge in [-0.25, -0.2) is 0 Å². The van der Waals surface area contributed by atoms with Crippen LogP contribution in [0.25, 0.3) is 0 Å². The number of nitrogens with one attached hydrogen (secondary N) is 1. The number of hydrogen-bond donors (Lipinski definition) is 1. The van der Waals surface area contributed by atoms with Gasteiger partial charge in [0.25, 0.3) is 0 Å².